The van der Waals surface area contributed by atoms with E-state index in [4.69, 9.17) is 16.0 Å². The van der Waals surface area contributed by atoms with E-state index in [1.54, 1.807) is 6.26 Å². The molecule has 0 aliphatic heterocycles. The summed E-state index contributed by atoms with van der Waals surface area (Å²) in [7, 11) is 0. The Balaban J connectivity index is 2.44. The number of halogens is 3. The molecule has 0 saturated carbocycles. The Morgan fingerprint density at radius 3 is 2.67 bits per heavy atom. The van der Waals surface area contributed by atoms with Crippen LogP contribution in [0.1, 0.15) is 24.3 Å². The average molecular weight is 394 g/mol. The number of nitrogens with one attached hydrogen (secondary N) is 1. The Morgan fingerprint density at radius 2 is 2.11 bits per heavy atom. The monoisotopic (exact) mass is 391 g/mol. The van der Waals surface area contributed by atoms with Gasteiger partial charge in [-0.05, 0) is 52.3 Å². The minimum atomic E-state index is -0.0191. The average Bonchev–Trinajstić information content (AvgIpc) is 2.71. The van der Waals surface area contributed by atoms with Crippen molar-refractivity contribution in [2.24, 2.45) is 0 Å². The lowest BCUT2D eigenvalue weighted by Gasteiger charge is -2.17. The zero-order valence-electron chi connectivity index (χ0n) is 9.71. The van der Waals surface area contributed by atoms with Crippen LogP contribution in [0.25, 0.3) is 0 Å². The lowest BCUT2D eigenvalue weighted by atomic mass is 10.0. The van der Waals surface area contributed by atoms with Crippen molar-refractivity contribution in [3.63, 3.8) is 0 Å². The van der Waals surface area contributed by atoms with Crippen LogP contribution in [0.4, 0.5) is 0 Å². The van der Waals surface area contributed by atoms with Crippen LogP contribution in [-0.4, -0.2) is 6.54 Å². The van der Waals surface area contributed by atoms with Gasteiger partial charge >= 0.3 is 0 Å². The Hall–Kier alpha value is -0.290. The molecule has 1 aromatic heterocycles. The first-order valence-corrected chi connectivity index (χ1v) is 7.50. The van der Waals surface area contributed by atoms with E-state index in [0.29, 0.717) is 5.02 Å². The van der Waals surface area contributed by atoms with E-state index in [9.17, 15) is 0 Å². The molecular formula is C13H12Br2ClNO. The number of rotatable bonds is 4. The van der Waals surface area contributed by atoms with E-state index in [0.717, 1.165) is 26.8 Å². The van der Waals surface area contributed by atoms with Gasteiger partial charge in [-0.3, -0.25) is 0 Å². The molecule has 1 atom stereocenters. The molecule has 2 rings (SSSR count). The van der Waals surface area contributed by atoms with Crippen LogP contribution < -0.4 is 5.32 Å². The first-order chi connectivity index (χ1) is 8.61. The lowest BCUT2D eigenvalue weighted by molar-refractivity contribution is 0.450. The molecule has 1 aromatic carbocycles. The van der Waals surface area contributed by atoms with Crippen LogP contribution in [-0.2, 0) is 0 Å². The zero-order chi connectivity index (χ0) is 13.1. The number of hydrogen-bond donors (Lipinski definition) is 1. The molecule has 0 amide bonds. The maximum atomic E-state index is 6.10. The van der Waals surface area contributed by atoms with Gasteiger partial charge in [0.25, 0.3) is 0 Å². The molecule has 0 radical (unpaired) electrons. The molecule has 0 aliphatic carbocycles. The fourth-order valence-electron chi connectivity index (χ4n) is 1.82. The zero-order valence-corrected chi connectivity index (χ0v) is 13.6. The summed E-state index contributed by atoms with van der Waals surface area (Å²) in [6.07, 6.45) is 1.67. The molecule has 2 nitrogen and oxygen atoms in total. The summed E-state index contributed by atoms with van der Waals surface area (Å²) in [5.74, 6) is 0.853. The molecular weight excluding hydrogens is 381 g/mol. The predicted molar refractivity (Wildman–Crippen MR) is 81.1 cm³/mol. The first-order valence-electron chi connectivity index (χ1n) is 5.54. The van der Waals surface area contributed by atoms with Crippen LogP contribution in [0.5, 0.6) is 0 Å². The Bertz CT molecular complexity index is 521. The SMILES string of the molecule is CCNC(c1cc(Cl)cc(Br)c1)c1occc1Br. The highest BCUT2D eigenvalue weighted by Gasteiger charge is 2.19. The van der Waals surface area contributed by atoms with Gasteiger partial charge in [-0.2, -0.15) is 0 Å². The Labute approximate surface area is 128 Å². The summed E-state index contributed by atoms with van der Waals surface area (Å²) in [6, 6.07) is 7.71. The van der Waals surface area contributed by atoms with Gasteiger partial charge < -0.3 is 9.73 Å². The number of benzene rings is 1. The van der Waals surface area contributed by atoms with Crippen LogP contribution in [0.15, 0.2) is 43.9 Å². The molecule has 1 heterocycles. The van der Waals surface area contributed by atoms with Crippen LogP contribution >= 0.6 is 43.5 Å². The minimum Gasteiger partial charge on any atom is -0.466 e. The second-order valence-electron chi connectivity index (χ2n) is 3.83. The maximum absolute atomic E-state index is 6.10. The van der Waals surface area contributed by atoms with E-state index >= 15 is 0 Å². The second kappa shape index (κ2) is 6.24. The van der Waals surface area contributed by atoms with Crippen LogP contribution in [0.3, 0.4) is 0 Å². The first kappa shape index (κ1) is 14.1. The highest BCUT2D eigenvalue weighted by molar-refractivity contribution is 9.10. The molecule has 1 N–H and O–H groups in total. The summed E-state index contributed by atoms with van der Waals surface area (Å²) in [6.45, 7) is 2.89. The standard InChI is InChI=1S/C13H12Br2ClNO/c1-2-17-12(13-11(15)3-4-18-13)8-5-9(14)7-10(16)6-8/h3-7,12,17H,2H2,1H3. The highest BCUT2D eigenvalue weighted by Crippen LogP contribution is 2.32. The minimum absolute atomic E-state index is 0.0191. The van der Waals surface area contributed by atoms with Crippen molar-refractivity contribution in [1.29, 1.82) is 0 Å². The third-order valence-corrected chi connectivity index (χ3v) is 3.86. The van der Waals surface area contributed by atoms with Gasteiger partial charge in [0.1, 0.15) is 5.76 Å². The molecule has 0 spiro atoms. The summed E-state index contributed by atoms with van der Waals surface area (Å²) < 4.78 is 7.45. The van der Waals surface area contributed by atoms with Crippen molar-refractivity contribution in [1.82, 2.24) is 5.32 Å². The van der Waals surface area contributed by atoms with Gasteiger partial charge in [-0.1, -0.05) is 34.5 Å². The van der Waals surface area contributed by atoms with Gasteiger partial charge in [0.2, 0.25) is 0 Å². The third-order valence-electron chi connectivity index (χ3n) is 2.53. The Morgan fingerprint density at radius 1 is 1.33 bits per heavy atom. The van der Waals surface area contributed by atoms with Crippen molar-refractivity contribution >= 4 is 43.5 Å². The molecule has 1 unspecified atom stereocenters. The Kier molecular flexibility index (Phi) is 4.90. The second-order valence-corrected chi connectivity index (χ2v) is 6.03. The highest BCUT2D eigenvalue weighted by atomic mass is 79.9. The van der Waals surface area contributed by atoms with Crippen molar-refractivity contribution in [3.05, 3.63) is 55.8 Å². The van der Waals surface area contributed by atoms with Crippen molar-refractivity contribution in [2.75, 3.05) is 6.54 Å². The van der Waals surface area contributed by atoms with Crippen LogP contribution in [0, 0.1) is 0 Å². The van der Waals surface area contributed by atoms with Crippen molar-refractivity contribution in [3.8, 4) is 0 Å². The maximum Gasteiger partial charge on any atom is 0.139 e. The topological polar surface area (TPSA) is 25.2 Å². The van der Waals surface area contributed by atoms with Crippen molar-refractivity contribution < 1.29 is 4.42 Å². The van der Waals surface area contributed by atoms with E-state index in [1.165, 1.54) is 0 Å². The summed E-state index contributed by atoms with van der Waals surface area (Å²) in [5, 5.41) is 4.09. The fourth-order valence-corrected chi connectivity index (χ4v) is 3.14. The van der Waals surface area contributed by atoms with E-state index < -0.39 is 0 Å². The number of hydrogen-bond acceptors (Lipinski definition) is 2. The molecule has 18 heavy (non-hydrogen) atoms. The van der Waals surface area contributed by atoms with Gasteiger partial charge in [0.05, 0.1) is 16.8 Å². The van der Waals surface area contributed by atoms with Gasteiger partial charge in [0, 0.05) is 9.50 Å². The molecule has 5 heteroatoms. The quantitative estimate of drug-likeness (QED) is 0.776. The summed E-state index contributed by atoms with van der Waals surface area (Å²) >= 11 is 13.0. The lowest BCUT2D eigenvalue weighted by Crippen LogP contribution is -2.21. The number of furan rings is 1. The normalized spacial score (nSPS) is 12.7. The molecule has 2 aromatic rings. The largest absolute Gasteiger partial charge is 0.466 e. The molecule has 0 bridgehead atoms. The summed E-state index contributed by atoms with van der Waals surface area (Å²) in [5.41, 5.74) is 1.06. The molecule has 96 valence electrons. The smallest absolute Gasteiger partial charge is 0.139 e. The predicted octanol–water partition coefficient (Wildman–Crippen LogP) is 5.16. The molecule has 0 fully saturated rings. The van der Waals surface area contributed by atoms with Gasteiger partial charge in [-0.25, -0.2) is 0 Å². The van der Waals surface area contributed by atoms with Crippen molar-refractivity contribution in [2.45, 2.75) is 13.0 Å². The molecule has 0 aliphatic rings. The van der Waals surface area contributed by atoms with E-state index in [1.807, 2.05) is 24.3 Å². The van der Waals surface area contributed by atoms with Gasteiger partial charge in [-0.15, -0.1) is 0 Å². The fraction of sp³-hybridized carbons (Fsp3) is 0.231. The van der Waals surface area contributed by atoms with E-state index in [2.05, 4.69) is 44.1 Å². The van der Waals surface area contributed by atoms with Crippen LogP contribution in [0.2, 0.25) is 5.02 Å². The molecule has 0 saturated heterocycles. The summed E-state index contributed by atoms with van der Waals surface area (Å²) in [4.78, 5) is 0. The van der Waals surface area contributed by atoms with E-state index in [-0.39, 0.29) is 6.04 Å². The van der Waals surface area contributed by atoms with Gasteiger partial charge in [0.15, 0.2) is 0 Å². The third kappa shape index (κ3) is 3.18.